The zero-order valence-electron chi connectivity index (χ0n) is 14.0. The van der Waals surface area contributed by atoms with E-state index in [-0.39, 0.29) is 24.6 Å². The maximum atomic E-state index is 11.4. The minimum Gasteiger partial charge on any atom is -0.487 e. The first kappa shape index (κ1) is 18.1. The maximum Gasteiger partial charge on any atom is 0.308 e. The maximum absolute atomic E-state index is 11.4. The molecule has 0 bridgehead atoms. The first-order chi connectivity index (χ1) is 11.4. The lowest BCUT2D eigenvalue weighted by Gasteiger charge is -2.16. The molecular formula is C19H21ClO4. The molecule has 2 aromatic rings. The molecule has 2 aromatic carbocycles. The molecule has 1 unspecified atom stereocenters. The van der Waals surface area contributed by atoms with E-state index in [1.54, 1.807) is 38.1 Å². The van der Waals surface area contributed by atoms with Gasteiger partial charge < -0.3 is 14.2 Å². The number of esters is 1. The van der Waals surface area contributed by atoms with Crippen molar-refractivity contribution < 1.29 is 19.0 Å². The molecule has 0 saturated carbocycles. The van der Waals surface area contributed by atoms with Crippen molar-refractivity contribution in [2.75, 3.05) is 6.61 Å². The minimum absolute atomic E-state index is 0.137. The summed E-state index contributed by atoms with van der Waals surface area (Å²) in [6.45, 7) is 5.67. The Labute approximate surface area is 147 Å². The van der Waals surface area contributed by atoms with Crippen molar-refractivity contribution in [3.63, 3.8) is 0 Å². The second-order valence-corrected chi connectivity index (χ2v) is 6.18. The molecule has 0 aliphatic heterocycles. The Kier molecular flexibility index (Phi) is 6.50. The first-order valence-electron chi connectivity index (χ1n) is 7.81. The van der Waals surface area contributed by atoms with Crippen LogP contribution < -0.4 is 9.47 Å². The van der Waals surface area contributed by atoms with E-state index in [2.05, 4.69) is 0 Å². The van der Waals surface area contributed by atoms with Gasteiger partial charge in [0.2, 0.25) is 0 Å². The van der Waals surface area contributed by atoms with Crippen molar-refractivity contribution in [1.29, 1.82) is 0 Å². The predicted molar refractivity (Wildman–Crippen MR) is 93.9 cm³/mol. The van der Waals surface area contributed by atoms with Gasteiger partial charge in [0.15, 0.2) is 0 Å². The summed E-state index contributed by atoms with van der Waals surface area (Å²) in [7, 11) is 0. The molecule has 128 valence electrons. The molecule has 0 aliphatic rings. The van der Waals surface area contributed by atoms with Crippen LogP contribution in [0.25, 0.3) is 0 Å². The molecule has 0 aromatic heterocycles. The summed E-state index contributed by atoms with van der Waals surface area (Å²) < 4.78 is 16.6. The largest absolute Gasteiger partial charge is 0.487 e. The highest BCUT2D eigenvalue weighted by atomic mass is 35.5. The van der Waals surface area contributed by atoms with Gasteiger partial charge in [0.25, 0.3) is 0 Å². The highest BCUT2D eigenvalue weighted by molar-refractivity contribution is 6.30. The number of ether oxygens (including phenoxy) is 3. The van der Waals surface area contributed by atoms with Crippen LogP contribution in [0.1, 0.15) is 20.8 Å². The summed E-state index contributed by atoms with van der Waals surface area (Å²) >= 11 is 5.84. The van der Waals surface area contributed by atoms with Crippen LogP contribution in [-0.4, -0.2) is 18.7 Å². The second kappa shape index (κ2) is 8.60. The lowest BCUT2D eigenvalue weighted by Crippen LogP contribution is -2.23. The fraction of sp³-hybridized carbons (Fsp3) is 0.316. The zero-order chi connectivity index (χ0) is 17.5. The molecule has 0 fully saturated rings. The van der Waals surface area contributed by atoms with Crippen molar-refractivity contribution in [1.82, 2.24) is 0 Å². The molecule has 0 saturated heterocycles. The molecule has 1 atom stereocenters. The molecule has 4 nitrogen and oxygen atoms in total. The molecule has 0 spiro atoms. The smallest absolute Gasteiger partial charge is 0.308 e. The third kappa shape index (κ3) is 5.78. The molecule has 0 N–H and O–H groups in total. The van der Waals surface area contributed by atoms with Crippen LogP contribution in [0.3, 0.4) is 0 Å². The van der Waals surface area contributed by atoms with Gasteiger partial charge in [-0.05, 0) is 55.5 Å². The van der Waals surface area contributed by atoms with Crippen molar-refractivity contribution in [2.45, 2.75) is 26.9 Å². The molecule has 0 radical (unpaired) electrons. The van der Waals surface area contributed by atoms with Crippen molar-refractivity contribution >= 4 is 17.6 Å². The Balaban J connectivity index is 1.85. The summed E-state index contributed by atoms with van der Waals surface area (Å²) in [4.78, 5) is 11.4. The van der Waals surface area contributed by atoms with Gasteiger partial charge in [0.05, 0.1) is 5.92 Å². The van der Waals surface area contributed by atoms with Crippen LogP contribution in [0, 0.1) is 5.92 Å². The van der Waals surface area contributed by atoms with Gasteiger partial charge in [-0.25, -0.2) is 0 Å². The average Bonchev–Trinajstić information content (AvgIpc) is 2.56. The quantitative estimate of drug-likeness (QED) is 0.653. The van der Waals surface area contributed by atoms with Crippen LogP contribution in [0.15, 0.2) is 48.5 Å². The minimum atomic E-state index is -0.226. The number of carbonyl (C=O) groups is 1. The highest BCUT2D eigenvalue weighted by Crippen LogP contribution is 2.25. The summed E-state index contributed by atoms with van der Waals surface area (Å²) in [6.07, 6.45) is -0.226. The highest BCUT2D eigenvalue weighted by Gasteiger charge is 2.12. The summed E-state index contributed by atoms with van der Waals surface area (Å²) in [6, 6.07) is 14.4. The van der Waals surface area contributed by atoms with Gasteiger partial charge >= 0.3 is 5.97 Å². The lowest BCUT2D eigenvalue weighted by atomic mass is 10.2. The van der Waals surface area contributed by atoms with E-state index in [4.69, 9.17) is 25.8 Å². The van der Waals surface area contributed by atoms with Gasteiger partial charge in [-0.2, -0.15) is 0 Å². The fourth-order valence-corrected chi connectivity index (χ4v) is 1.98. The number of benzene rings is 2. The normalized spacial score (nSPS) is 11.9. The Bertz CT molecular complexity index is 650. The molecule has 5 heteroatoms. The monoisotopic (exact) mass is 348 g/mol. The van der Waals surface area contributed by atoms with Crippen LogP contribution >= 0.6 is 11.6 Å². The Hall–Kier alpha value is -2.20. The fourth-order valence-electron chi connectivity index (χ4n) is 1.86. The molecule has 0 amide bonds. The number of halogens is 1. The lowest BCUT2D eigenvalue weighted by molar-refractivity contribution is -0.149. The predicted octanol–water partition coefficient (Wildman–Crippen LogP) is 5.10. The number of hydrogen-bond donors (Lipinski definition) is 0. The van der Waals surface area contributed by atoms with E-state index < -0.39 is 0 Å². The van der Waals surface area contributed by atoms with Gasteiger partial charge in [0.1, 0.15) is 30.0 Å². The third-order valence-electron chi connectivity index (χ3n) is 3.14. The van der Waals surface area contributed by atoms with Crippen LogP contribution in [0.2, 0.25) is 5.02 Å². The molecular weight excluding hydrogens is 328 g/mol. The third-order valence-corrected chi connectivity index (χ3v) is 3.39. The van der Waals surface area contributed by atoms with Crippen molar-refractivity contribution in [2.24, 2.45) is 5.92 Å². The van der Waals surface area contributed by atoms with E-state index in [1.807, 2.05) is 31.2 Å². The topological polar surface area (TPSA) is 44.8 Å². The Morgan fingerprint density at radius 2 is 1.42 bits per heavy atom. The van der Waals surface area contributed by atoms with Gasteiger partial charge in [-0.1, -0.05) is 25.4 Å². The molecule has 2 rings (SSSR count). The van der Waals surface area contributed by atoms with E-state index in [0.29, 0.717) is 22.3 Å². The Morgan fingerprint density at radius 1 is 0.917 bits per heavy atom. The molecule has 0 heterocycles. The standard InChI is InChI=1S/C19H21ClO4/c1-13(2)19(21)22-12-14(3)23-16-8-10-18(11-9-16)24-17-6-4-15(20)5-7-17/h4-11,13-14H,12H2,1-3H3. The second-order valence-electron chi connectivity index (χ2n) is 5.74. The summed E-state index contributed by atoms with van der Waals surface area (Å²) in [5, 5.41) is 0.665. The summed E-state index contributed by atoms with van der Waals surface area (Å²) in [5.41, 5.74) is 0. The van der Waals surface area contributed by atoms with Gasteiger partial charge in [-0.3, -0.25) is 4.79 Å². The Morgan fingerprint density at radius 3 is 1.96 bits per heavy atom. The van der Waals surface area contributed by atoms with Crippen LogP contribution in [0.4, 0.5) is 0 Å². The van der Waals surface area contributed by atoms with Crippen LogP contribution in [0.5, 0.6) is 17.2 Å². The average molecular weight is 349 g/mol. The van der Waals surface area contributed by atoms with Crippen molar-refractivity contribution in [3.05, 3.63) is 53.6 Å². The first-order valence-corrected chi connectivity index (χ1v) is 8.18. The van der Waals surface area contributed by atoms with Crippen LogP contribution in [-0.2, 0) is 9.53 Å². The number of hydrogen-bond acceptors (Lipinski definition) is 4. The molecule has 0 aliphatic carbocycles. The van der Waals surface area contributed by atoms with Gasteiger partial charge in [-0.15, -0.1) is 0 Å². The zero-order valence-corrected chi connectivity index (χ0v) is 14.7. The number of rotatable bonds is 7. The van der Waals surface area contributed by atoms with E-state index >= 15 is 0 Å². The van der Waals surface area contributed by atoms with E-state index in [0.717, 1.165) is 0 Å². The van der Waals surface area contributed by atoms with E-state index in [9.17, 15) is 4.79 Å². The van der Waals surface area contributed by atoms with Crippen molar-refractivity contribution in [3.8, 4) is 17.2 Å². The SMILES string of the molecule is CC(COC(=O)C(C)C)Oc1ccc(Oc2ccc(Cl)cc2)cc1. The number of carbonyl (C=O) groups excluding carboxylic acids is 1. The molecule has 24 heavy (non-hydrogen) atoms. The summed E-state index contributed by atoms with van der Waals surface area (Å²) in [5.74, 6) is 1.73. The van der Waals surface area contributed by atoms with E-state index in [1.165, 1.54) is 0 Å². The van der Waals surface area contributed by atoms with Gasteiger partial charge in [0, 0.05) is 5.02 Å².